The SMILES string of the molecule is O=C(N[C@@H](Cc1ccc(-c2cccc3scnc23)c2cccnc12)C(=O)O)c1c(Cl)cccc1Cl. The molecule has 2 aromatic heterocycles. The van der Waals surface area contributed by atoms with E-state index in [2.05, 4.69) is 15.3 Å². The van der Waals surface area contributed by atoms with E-state index in [9.17, 15) is 14.7 Å². The quantitative estimate of drug-likeness (QED) is 0.275. The molecule has 2 N–H and O–H groups in total. The summed E-state index contributed by atoms with van der Waals surface area (Å²) in [6, 6.07) is 17.1. The first-order valence-corrected chi connectivity index (χ1v) is 12.2. The zero-order valence-corrected chi connectivity index (χ0v) is 20.4. The summed E-state index contributed by atoms with van der Waals surface area (Å²) in [6.45, 7) is 0. The van der Waals surface area contributed by atoms with E-state index in [0.717, 1.165) is 26.7 Å². The molecule has 5 rings (SSSR count). The lowest BCUT2D eigenvalue weighted by Crippen LogP contribution is -2.42. The van der Waals surface area contributed by atoms with Crippen molar-refractivity contribution in [3.8, 4) is 11.1 Å². The summed E-state index contributed by atoms with van der Waals surface area (Å²) >= 11 is 13.8. The normalized spacial score (nSPS) is 12.1. The molecule has 0 radical (unpaired) electrons. The average Bonchev–Trinajstić information content (AvgIpc) is 3.33. The van der Waals surface area contributed by atoms with Crippen molar-refractivity contribution in [1.82, 2.24) is 15.3 Å². The van der Waals surface area contributed by atoms with Crippen molar-refractivity contribution in [2.45, 2.75) is 12.5 Å². The van der Waals surface area contributed by atoms with Gasteiger partial charge in [-0.3, -0.25) is 9.78 Å². The van der Waals surface area contributed by atoms with E-state index in [1.54, 1.807) is 23.6 Å². The number of aliphatic carboxylic acids is 1. The van der Waals surface area contributed by atoms with Crippen LogP contribution in [0.2, 0.25) is 10.0 Å². The van der Waals surface area contributed by atoms with Crippen molar-refractivity contribution < 1.29 is 14.7 Å². The number of nitrogens with one attached hydrogen (secondary N) is 1. The lowest BCUT2D eigenvalue weighted by atomic mass is 9.94. The first kappa shape index (κ1) is 23.2. The number of aromatic nitrogens is 2. The van der Waals surface area contributed by atoms with E-state index in [-0.39, 0.29) is 22.0 Å². The van der Waals surface area contributed by atoms with Crippen LogP contribution in [0.3, 0.4) is 0 Å². The number of fused-ring (bicyclic) bond motifs is 2. The number of rotatable bonds is 6. The van der Waals surface area contributed by atoms with Crippen LogP contribution in [0.25, 0.3) is 32.2 Å². The maximum absolute atomic E-state index is 12.8. The van der Waals surface area contributed by atoms with Crippen LogP contribution in [0.4, 0.5) is 0 Å². The number of nitrogens with zero attached hydrogens (tertiary/aromatic N) is 2. The molecule has 35 heavy (non-hydrogen) atoms. The molecule has 0 aliphatic heterocycles. The molecule has 1 atom stereocenters. The summed E-state index contributed by atoms with van der Waals surface area (Å²) in [5.74, 6) is -1.83. The molecule has 3 aromatic carbocycles. The van der Waals surface area contributed by atoms with Crippen molar-refractivity contribution in [1.29, 1.82) is 0 Å². The fraction of sp³-hybridized carbons (Fsp3) is 0.0769. The highest BCUT2D eigenvalue weighted by Gasteiger charge is 2.25. The lowest BCUT2D eigenvalue weighted by Gasteiger charge is -2.17. The smallest absolute Gasteiger partial charge is 0.326 e. The number of pyridine rings is 1. The number of benzene rings is 3. The minimum atomic E-state index is -1.21. The van der Waals surface area contributed by atoms with E-state index in [0.29, 0.717) is 11.1 Å². The third-order valence-electron chi connectivity index (χ3n) is 5.72. The Morgan fingerprint density at radius 2 is 1.69 bits per heavy atom. The van der Waals surface area contributed by atoms with Gasteiger partial charge in [0.1, 0.15) is 6.04 Å². The Hall–Kier alpha value is -3.52. The highest BCUT2D eigenvalue weighted by molar-refractivity contribution is 7.16. The molecule has 0 bridgehead atoms. The summed E-state index contributed by atoms with van der Waals surface area (Å²) in [5.41, 5.74) is 6.03. The molecule has 5 aromatic rings. The van der Waals surface area contributed by atoms with Gasteiger partial charge >= 0.3 is 5.97 Å². The van der Waals surface area contributed by atoms with Crippen LogP contribution < -0.4 is 5.32 Å². The fourth-order valence-corrected chi connectivity index (χ4v) is 5.37. The van der Waals surface area contributed by atoms with Crippen molar-refractivity contribution in [3.63, 3.8) is 0 Å². The maximum atomic E-state index is 12.8. The predicted octanol–water partition coefficient (Wildman–Crippen LogP) is 6.24. The van der Waals surface area contributed by atoms with Crippen molar-refractivity contribution in [2.24, 2.45) is 0 Å². The molecule has 174 valence electrons. The number of amides is 1. The fourth-order valence-electron chi connectivity index (χ4n) is 4.10. The highest BCUT2D eigenvalue weighted by Crippen LogP contribution is 2.35. The molecule has 2 heterocycles. The molecule has 0 aliphatic rings. The molecule has 0 fully saturated rings. The Morgan fingerprint density at radius 3 is 2.46 bits per heavy atom. The molecule has 6 nitrogen and oxygen atoms in total. The van der Waals surface area contributed by atoms with Crippen LogP contribution in [0.5, 0.6) is 0 Å². The number of hydrogen-bond donors (Lipinski definition) is 2. The number of hydrogen-bond acceptors (Lipinski definition) is 5. The molecule has 1 amide bonds. The molecular weight excluding hydrogens is 505 g/mol. The van der Waals surface area contributed by atoms with Gasteiger partial charge in [-0.15, -0.1) is 11.3 Å². The monoisotopic (exact) mass is 521 g/mol. The van der Waals surface area contributed by atoms with Crippen LogP contribution in [0, 0.1) is 0 Å². The maximum Gasteiger partial charge on any atom is 0.326 e. The van der Waals surface area contributed by atoms with Gasteiger partial charge in [0.05, 0.1) is 36.9 Å². The minimum Gasteiger partial charge on any atom is -0.480 e. The van der Waals surface area contributed by atoms with Gasteiger partial charge in [0.25, 0.3) is 5.91 Å². The summed E-state index contributed by atoms with van der Waals surface area (Å²) in [6.07, 6.45) is 1.69. The van der Waals surface area contributed by atoms with Gasteiger partial charge in [-0.1, -0.05) is 59.6 Å². The van der Waals surface area contributed by atoms with E-state index in [4.69, 9.17) is 23.2 Å². The third kappa shape index (κ3) is 4.46. The zero-order chi connectivity index (χ0) is 24.5. The summed E-state index contributed by atoms with van der Waals surface area (Å²) < 4.78 is 1.08. The van der Waals surface area contributed by atoms with Crippen LogP contribution >= 0.6 is 34.5 Å². The second-order valence-electron chi connectivity index (χ2n) is 7.84. The zero-order valence-electron chi connectivity index (χ0n) is 18.0. The lowest BCUT2D eigenvalue weighted by molar-refractivity contribution is -0.139. The number of carboxylic acids is 1. The van der Waals surface area contributed by atoms with Crippen molar-refractivity contribution >= 4 is 67.5 Å². The van der Waals surface area contributed by atoms with Crippen LogP contribution in [-0.2, 0) is 11.2 Å². The molecule has 0 aliphatic carbocycles. The van der Waals surface area contributed by atoms with Gasteiger partial charge in [-0.2, -0.15) is 0 Å². The summed E-state index contributed by atoms with van der Waals surface area (Å²) in [4.78, 5) is 34.0. The van der Waals surface area contributed by atoms with Gasteiger partial charge in [-0.25, -0.2) is 9.78 Å². The largest absolute Gasteiger partial charge is 0.480 e. The minimum absolute atomic E-state index is 0.0256. The number of para-hydroxylation sites is 1. The second-order valence-corrected chi connectivity index (χ2v) is 9.54. The van der Waals surface area contributed by atoms with Crippen LogP contribution in [0.15, 0.2) is 72.4 Å². The average molecular weight is 522 g/mol. The number of carbonyl (C=O) groups is 2. The van der Waals surface area contributed by atoms with Crippen LogP contribution in [0.1, 0.15) is 15.9 Å². The summed E-state index contributed by atoms with van der Waals surface area (Å²) in [5, 5.41) is 13.6. The molecule has 0 unspecified atom stereocenters. The van der Waals surface area contributed by atoms with E-state index in [1.807, 2.05) is 48.0 Å². The van der Waals surface area contributed by atoms with E-state index in [1.165, 1.54) is 12.1 Å². The number of halogens is 2. The Morgan fingerprint density at radius 1 is 0.914 bits per heavy atom. The Balaban J connectivity index is 1.52. The molecule has 9 heteroatoms. The number of carboxylic acid groups (broad SMARTS) is 1. The van der Waals surface area contributed by atoms with Gasteiger partial charge in [0, 0.05) is 23.6 Å². The third-order valence-corrected chi connectivity index (χ3v) is 7.15. The summed E-state index contributed by atoms with van der Waals surface area (Å²) in [7, 11) is 0. The van der Waals surface area contributed by atoms with Gasteiger partial charge in [0.2, 0.25) is 0 Å². The molecule has 0 saturated carbocycles. The molecular formula is C26H17Cl2N3O3S. The van der Waals surface area contributed by atoms with E-state index < -0.39 is 17.9 Å². The molecule has 0 spiro atoms. The Bertz CT molecular complexity index is 1580. The first-order valence-electron chi connectivity index (χ1n) is 10.6. The Kier molecular flexibility index (Phi) is 6.38. The highest BCUT2D eigenvalue weighted by atomic mass is 35.5. The number of carbonyl (C=O) groups excluding carboxylic acids is 1. The van der Waals surface area contributed by atoms with Gasteiger partial charge in [-0.05, 0) is 35.4 Å². The topological polar surface area (TPSA) is 92.2 Å². The standard InChI is InChI=1S/C26H17Cl2N3O3S/c27-18-6-2-7-19(28)22(18)25(32)31-20(26(33)34)12-14-9-10-15(16-5-3-11-29-23(14)16)17-4-1-8-21-24(17)30-13-35-21/h1-11,13,20H,12H2,(H,31,32)(H,33,34)/t20-/m0/s1. The first-order chi connectivity index (χ1) is 16.9. The number of thiazole rings is 1. The molecule has 0 saturated heterocycles. The predicted molar refractivity (Wildman–Crippen MR) is 139 cm³/mol. The van der Waals surface area contributed by atoms with Crippen LogP contribution in [-0.4, -0.2) is 33.0 Å². The van der Waals surface area contributed by atoms with E-state index >= 15 is 0 Å². The van der Waals surface area contributed by atoms with Gasteiger partial charge in [0.15, 0.2) is 0 Å². The van der Waals surface area contributed by atoms with Crippen molar-refractivity contribution in [2.75, 3.05) is 0 Å². The van der Waals surface area contributed by atoms with Crippen molar-refractivity contribution in [3.05, 3.63) is 93.5 Å². The van der Waals surface area contributed by atoms with Gasteiger partial charge < -0.3 is 10.4 Å². The Labute approximate surface area is 214 Å². The second kappa shape index (κ2) is 9.62.